The van der Waals surface area contributed by atoms with Crippen LogP contribution in [-0.4, -0.2) is 34.8 Å². The SMILES string of the molecule is CC1(Nc2cc(C(=O)O)ccc2[N+](=O)[O-])CCOC1. The summed E-state index contributed by atoms with van der Waals surface area (Å²) in [5.74, 6) is -1.12. The average Bonchev–Trinajstić information content (AvgIpc) is 2.75. The molecule has 0 aliphatic carbocycles. The predicted octanol–water partition coefficient (Wildman–Crippen LogP) is 1.88. The van der Waals surface area contributed by atoms with E-state index in [0.717, 1.165) is 0 Å². The number of carboxylic acid groups (broad SMARTS) is 1. The minimum Gasteiger partial charge on any atom is -0.478 e. The Labute approximate surface area is 109 Å². The van der Waals surface area contributed by atoms with Gasteiger partial charge in [0.25, 0.3) is 5.69 Å². The molecule has 0 spiro atoms. The molecular formula is C12H14N2O5. The van der Waals surface area contributed by atoms with Gasteiger partial charge in [-0.15, -0.1) is 0 Å². The average molecular weight is 266 g/mol. The number of carboxylic acids is 1. The number of nitro benzene ring substituents is 1. The van der Waals surface area contributed by atoms with E-state index in [4.69, 9.17) is 9.84 Å². The van der Waals surface area contributed by atoms with Gasteiger partial charge >= 0.3 is 5.97 Å². The van der Waals surface area contributed by atoms with Crippen LogP contribution in [0.4, 0.5) is 11.4 Å². The fourth-order valence-corrected chi connectivity index (χ4v) is 2.02. The van der Waals surface area contributed by atoms with Gasteiger partial charge in [-0.1, -0.05) is 0 Å². The summed E-state index contributed by atoms with van der Waals surface area (Å²) in [6.07, 6.45) is 0.710. The molecule has 0 bridgehead atoms. The highest BCUT2D eigenvalue weighted by Gasteiger charge is 2.31. The van der Waals surface area contributed by atoms with Crippen molar-refractivity contribution in [3.05, 3.63) is 33.9 Å². The van der Waals surface area contributed by atoms with Gasteiger partial charge in [-0.05, 0) is 25.5 Å². The molecule has 0 radical (unpaired) electrons. The van der Waals surface area contributed by atoms with Gasteiger partial charge in [0.1, 0.15) is 5.69 Å². The molecular weight excluding hydrogens is 252 g/mol. The Morgan fingerprint density at radius 3 is 2.84 bits per heavy atom. The highest BCUT2D eigenvalue weighted by Crippen LogP contribution is 2.31. The van der Waals surface area contributed by atoms with E-state index in [2.05, 4.69) is 5.32 Å². The van der Waals surface area contributed by atoms with E-state index in [0.29, 0.717) is 19.6 Å². The first kappa shape index (κ1) is 13.3. The van der Waals surface area contributed by atoms with Gasteiger partial charge in [-0.3, -0.25) is 10.1 Å². The standard InChI is InChI=1S/C12H14N2O5/c1-12(4-5-19-7-12)13-9-6-8(11(15)16)2-3-10(9)14(17)18/h2-3,6,13H,4-5,7H2,1H3,(H,15,16). The second-order valence-corrected chi connectivity index (χ2v) is 4.78. The molecule has 0 amide bonds. The van der Waals surface area contributed by atoms with Crippen molar-refractivity contribution in [2.75, 3.05) is 18.5 Å². The van der Waals surface area contributed by atoms with Crippen LogP contribution < -0.4 is 5.32 Å². The Bertz CT molecular complexity index is 523. The molecule has 1 saturated heterocycles. The van der Waals surface area contributed by atoms with Crippen LogP contribution >= 0.6 is 0 Å². The molecule has 7 heteroatoms. The van der Waals surface area contributed by atoms with Gasteiger partial charge in [-0.2, -0.15) is 0 Å². The maximum Gasteiger partial charge on any atom is 0.335 e. The maximum atomic E-state index is 11.0. The van der Waals surface area contributed by atoms with Crippen LogP contribution in [0.3, 0.4) is 0 Å². The van der Waals surface area contributed by atoms with E-state index in [1.54, 1.807) is 0 Å². The largest absolute Gasteiger partial charge is 0.478 e. The molecule has 0 saturated carbocycles. The summed E-state index contributed by atoms with van der Waals surface area (Å²) in [4.78, 5) is 21.4. The van der Waals surface area contributed by atoms with Crippen molar-refractivity contribution in [1.29, 1.82) is 0 Å². The summed E-state index contributed by atoms with van der Waals surface area (Å²) >= 11 is 0. The van der Waals surface area contributed by atoms with Crippen LogP contribution in [0.1, 0.15) is 23.7 Å². The van der Waals surface area contributed by atoms with Gasteiger partial charge in [-0.25, -0.2) is 4.79 Å². The number of benzene rings is 1. The van der Waals surface area contributed by atoms with Crippen LogP contribution in [0, 0.1) is 10.1 Å². The second kappa shape index (κ2) is 4.85. The van der Waals surface area contributed by atoms with Crippen LogP contribution in [0.2, 0.25) is 0 Å². The highest BCUT2D eigenvalue weighted by molar-refractivity contribution is 5.90. The lowest BCUT2D eigenvalue weighted by molar-refractivity contribution is -0.384. The van der Waals surface area contributed by atoms with Crippen LogP contribution in [0.5, 0.6) is 0 Å². The molecule has 1 aliphatic heterocycles. The summed E-state index contributed by atoms with van der Waals surface area (Å²) in [5.41, 5.74) is -0.339. The number of nitro groups is 1. The Morgan fingerprint density at radius 2 is 2.32 bits per heavy atom. The summed E-state index contributed by atoms with van der Waals surface area (Å²) in [6, 6.07) is 3.70. The lowest BCUT2D eigenvalue weighted by Crippen LogP contribution is -2.35. The highest BCUT2D eigenvalue weighted by atomic mass is 16.6. The topological polar surface area (TPSA) is 102 Å². The van der Waals surface area contributed by atoms with Crippen LogP contribution in [0.15, 0.2) is 18.2 Å². The number of nitrogens with zero attached hydrogens (tertiary/aromatic N) is 1. The van der Waals surface area contributed by atoms with E-state index >= 15 is 0 Å². The Morgan fingerprint density at radius 1 is 1.58 bits per heavy atom. The Balaban J connectivity index is 2.37. The number of ether oxygens (including phenoxy) is 1. The predicted molar refractivity (Wildman–Crippen MR) is 67.5 cm³/mol. The van der Waals surface area contributed by atoms with Crippen LogP contribution in [-0.2, 0) is 4.74 Å². The minimum atomic E-state index is -1.12. The molecule has 2 rings (SSSR count). The number of hydrogen-bond acceptors (Lipinski definition) is 5. The monoisotopic (exact) mass is 266 g/mol. The molecule has 1 unspecified atom stereocenters. The smallest absolute Gasteiger partial charge is 0.335 e. The Kier molecular flexibility index (Phi) is 3.39. The quantitative estimate of drug-likeness (QED) is 0.637. The van der Waals surface area contributed by atoms with E-state index in [1.807, 2.05) is 6.92 Å². The molecule has 1 fully saturated rings. The number of aromatic carboxylic acids is 1. The van der Waals surface area contributed by atoms with Crippen molar-refractivity contribution in [3.8, 4) is 0 Å². The summed E-state index contributed by atoms with van der Waals surface area (Å²) < 4.78 is 5.26. The number of hydrogen-bond donors (Lipinski definition) is 2. The zero-order chi connectivity index (χ0) is 14.0. The number of rotatable bonds is 4. The fourth-order valence-electron chi connectivity index (χ4n) is 2.02. The molecule has 7 nitrogen and oxygen atoms in total. The van der Waals surface area contributed by atoms with Gasteiger partial charge in [0.15, 0.2) is 0 Å². The third-order valence-electron chi connectivity index (χ3n) is 3.10. The molecule has 1 aliphatic rings. The van der Waals surface area contributed by atoms with Gasteiger partial charge < -0.3 is 15.2 Å². The first-order valence-electron chi connectivity index (χ1n) is 5.79. The molecule has 0 aromatic heterocycles. The van der Waals surface area contributed by atoms with Gasteiger partial charge in [0.05, 0.1) is 22.6 Å². The number of nitrogens with one attached hydrogen (secondary N) is 1. The van der Waals surface area contributed by atoms with Crippen molar-refractivity contribution in [1.82, 2.24) is 0 Å². The molecule has 1 heterocycles. The first-order chi connectivity index (χ1) is 8.91. The van der Waals surface area contributed by atoms with Crippen molar-refractivity contribution in [2.24, 2.45) is 0 Å². The normalized spacial score (nSPS) is 22.2. The second-order valence-electron chi connectivity index (χ2n) is 4.78. The van der Waals surface area contributed by atoms with Crippen molar-refractivity contribution in [2.45, 2.75) is 18.9 Å². The molecule has 19 heavy (non-hydrogen) atoms. The third kappa shape index (κ3) is 2.82. The fraction of sp³-hybridized carbons (Fsp3) is 0.417. The molecule has 1 aromatic carbocycles. The van der Waals surface area contributed by atoms with Crippen molar-refractivity contribution in [3.63, 3.8) is 0 Å². The number of anilines is 1. The molecule has 102 valence electrons. The van der Waals surface area contributed by atoms with E-state index in [-0.39, 0.29) is 16.9 Å². The van der Waals surface area contributed by atoms with Gasteiger partial charge in [0.2, 0.25) is 0 Å². The van der Waals surface area contributed by atoms with E-state index in [1.165, 1.54) is 18.2 Å². The lowest BCUT2D eigenvalue weighted by atomic mass is 10.0. The third-order valence-corrected chi connectivity index (χ3v) is 3.10. The zero-order valence-corrected chi connectivity index (χ0v) is 10.4. The minimum absolute atomic E-state index is 0.00983. The molecule has 1 atom stereocenters. The summed E-state index contributed by atoms with van der Waals surface area (Å²) in [6.45, 7) is 2.90. The van der Waals surface area contributed by atoms with Crippen molar-refractivity contribution < 1.29 is 19.6 Å². The van der Waals surface area contributed by atoms with E-state index < -0.39 is 16.4 Å². The van der Waals surface area contributed by atoms with Crippen LogP contribution in [0.25, 0.3) is 0 Å². The van der Waals surface area contributed by atoms with Gasteiger partial charge in [0, 0.05) is 12.7 Å². The summed E-state index contributed by atoms with van der Waals surface area (Å²) in [7, 11) is 0. The maximum absolute atomic E-state index is 11.0. The first-order valence-corrected chi connectivity index (χ1v) is 5.79. The summed E-state index contributed by atoms with van der Waals surface area (Å²) in [5, 5.41) is 22.9. The molecule has 2 N–H and O–H groups in total. The molecule has 1 aromatic rings. The number of carbonyl (C=O) groups is 1. The van der Waals surface area contributed by atoms with E-state index in [9.17, 15) is 14.9 Å². The Hall–Kier alpha value is -2.15. The van der Waals surface area contributed by atoms with Crippen molar-refractivity contribution >= 4 is 17.3 Å². The lowest BCUT2D eigenvalue weighted by Gasteiger charge is -2.24. The zero-order valence-electron chi connectivity index (χ0n) is 10.4.